The molecule has 2 aromatic rings. The van der Waals surface area contributed by atoms with Crippen LogP contribution in [-0.4, -0.2) is 6.61 Å². The molecule has 0 aliphatic rings. The summed E-state index contributed by atoms with van der Waals surface area (Å²) in [4.78, 5) is 0. The van der Waals surface area contributed by atoms with E-state index in [9.17, 15) is 0 Å². The van der Waals surface area contributed by atoms with Crippen molar-refractivity contribution in [3.05, 3.63) is 50.6 Å². The Balaban J connectivity index is 2.01. The summed E-state index contributed by atoms with van der Waals surface area (Å²) in [6.45, 7) is 2.64. The number of rotatable bonds is 5. The molecule has 0 spiro atoms. The second kappa shape index (κ2) is 6.36. The van der Waals surface area contributed by atoms with Gasteiger partial charge in [0.2, 0.25) is 0 Å². The lowest BCUT2D eigenvalue weighted by molar-refractivity contribution is 0.317. The van der Waals surface area contributed by atoms with Crippen molar-refractivity contribution in [1.82, 2.24) is 0 Å². The van der Waals surface area contributed by atoms with Gasteiger partial charge in [0.25, 0.3) is 0 Å². The maximum absolute atomic E-state index is 5.94. The molecular weight excluding hydrogens is 310 g/mol. The Morgan fingerprint density at radius 1 is 1.39 bits per heavy atom. The monoisotopic (exact) mass is 325 g/mol. The standard InChI is InChI=1S/C14H16BrNOS/c1-10(16)13-3-2-12(15)8-14(13)17-6-4-11-5-7-18-9-11/h2-3,5,7-10H,4,6,16H2,1H3. The molecule has 0 radical (unpaired) electrons. The lowest BCUT2D eigenvalue weighted by atomic mass is 10.1. The van der Waals surface area contributed by atoms with E-state index in [1.807, 2.05) is 25.1 Å². The number of benzene rings is 1. The van der Waals surface area contributed by atoms with E-state index in [4.69, 9.17) is 10.5 Å². The van der Waals surface area contributed by atoms with Crippen LogP contribution in [0.1, 0.15) is 24.1 Å². The third-order valence-electron chi connectivity index (χ3n) is 2.69. The molecular formula is C14H16BrNOS. The van der Waals surface area contributed by atoms with E-state index < -0.39 is 0 Å². The summed E-state index contributed by atoms with van der Waals surface area (Å²) in [6.07, 6.45) is 0.925. The number of hydrogen-bond acceptors (Lipinski definition) is 3. The van der Waals surface area contributed by atoms with Crippen LogP contribution in [0.4, 0.5) is 0 Å². The van der Waals surface area contributed by atoms with Crippen molar-refractivity contribution in [2.24, 2.45) is 5.73 Å². The summed E-state index contributed by atoms with van der Waals surface area (Å²) in [5, 5.41) is 4.23. The summed E-state index contributed by atoms with van der Waals surface area (Å²) >= 11 is 5.17. The van der Waals surface area contributed by atoms with E-state index in [1.165, 1.54) is 5.56 Å². The van der Waals surface area contributed by atoms with Gasteiger partial charge in [0.15, 0.2) is 0 Å². The third kappa shape index (κ3) is 3.57. The zero-order valence-electron chi connectivity index (χ0n) is 10.2. The largest absolute Gasteiger partial charge is 0.493 e. The predicted molar refractivity (Wildman–Crippen MR) is 80.3 cm³/mol. The highest BCUT2D eigenvalue weighted by molar-refractivity contribution is 9.10. The van der Waals surface area contributed by atoms with Crippen LogP contribution in [0, 0.1) is 0 Å². The quantitative estimate of drug-likeness (QED) is 0.896. The van der Waals surface area contributed by atoms with Gasteiger partial charge in [-0.2, -0.15) is 11.3 Å². The Bertz CT molecular complexity index is 497. The first kappa shape index (κ1) is 13.6. The van der Waals surface area contributed by atoms with Crippen LogP contribution >= 0.6 is 27.3 Å². The lowest BCUT2D eigenvalue weighted by Gasteiger charge is -2.14. The molecule has 1 aromatic heterocycles. The van der Waals surface area contributed by atoms with Gasteiger partial charge in [-0.15, -0.1) is 0 Å². The van der Waals surface area contributed by atoms with Gasteiger partial charge in [-0.1, -0.05) is 22.0 Å². The van der Waals surface area contributed by atoms with Crippen molar-refractivity contribution >= 4 is 27.3 Å². The first-order valence-electron chi connectivity index (χ1n) is 5.85. The number of nitrogens with two attached hydrogens (primary N) is 1. The Labute approximate surface area is 120 Å². The average Bonchev–Trinajstić information content (AvgIpc) is 2.82. The zero-order chi connectivity index (χ0) is 13.0. The lowest BCUT2D eigenvalue weighted by Crippen LogP contribution is -2.09. The van der Waals surface area contributed by atoms with Crippen LogP contribution in [0.15, 0.2) is 39.5 Å². The molecule has 4 heteroatoms. The van der Waals surface area contributed by atoms with Crippen molar-refractivity contribution in [2.45, 2.75) is 19.4 Å². The smallest absolute Gasteiger partial charge is 0.125 e. The molecule has 0 fully saturated rings. The molecule has 1 heterocycles. The Hall–Kier alpha value is -0.840. The molecule has 18 heavy (non-hydrogen) atoms. The minimum Gasteiger partial charge on any atom is -0.493 e. The zero-order valence-corrected chi connectivity index (χ0v) is 12.6. The third-order valence-corrected chi connectivity index (χ3v) is 3.92. The molecule has 1 aromatic carbocycles. The predicted octanol–water partition coefficient (Wildman–Crippen LogP) is 4.15. The van der Waals surface area contributed by atoms with Crippen molar-refractivity contribution in [1.29, 1.82) is 0 Å². The second-order valence-electron chi connectivity index (χ2n) is 4.20. The van der Waals surface area contributed by atoms with Crippen LogP contribution in [0.5, 0.6) is 5.75 Å². The topological polar surface area (TPSA) is 35.2 Å². The van der Waals surface area contributed by atoms with Gasteiger partial charge in [-0.25, -0.2) is 0 Å². The van der Waals surface area contributed by atoms with Crippen molar-refractivity contribution in [3.63, 3.8) is 0 Å². The molecule has 0 bridgehead atoms. The molecule has 0 amide bonds. The Kier molecular flexibility index (Phi) is 4.80. The first-order chi connectivity index (χ1) is 8.66. The van der Waals surface area contributed by atoms with E-state index >= 15 is 0 Å². The highest BCUT2D eigenvalue weighted by Crippen LogP contribution is 2.27. The number of ether oxygens (including phenoxy) is 1. The van der Waals surface area contributed by atoms with Crippen LogP contribution in [0.2, 0.25) is 0 Å². The van der Waals surface area contributed by atoms with Crippen molar-refractivity contribution in [3.8, 4) is 5.75 Å². The maximum atomic E-state index is 5.94. The molecule has 0 aliphatic heterocycles. The normalized spacial score (nSPS) is 12.4. The highest BCUT2D eigenvalue weighted by atomic mass is 79.9. The van der Waals surface area contributed by atoms with E-state index in [-0.39, 0.29) is 6.04 Å². The van der Waals surface area contributed by atoms with Crippen LogP contribution in [-0.2, 0) is 6.42 Å². The molecule has 0 aliphatic carbocycles. The van der Waals surface area contributed by atoms with Gasteiger partial charge in [0.05, 0.1) is 6.61 Å². The van der Waals surface area contributed by atoms with Crippen LogP contribution < -0.4 is 10.5 Å². The minimum atomic E-state index is -0.0192. The molecule has 2 N–H and O–H groups in total. The second-order valence-corrected chi connectivity index (χ2v) is 5.90. The van der Waals surface area contributed by atoms with Crippen molar-refractivity contribution < 1.29 is 4.74 Å². The molecule has 0 saturated carbocycles. The fraction of sp³-hybridized carbons (Fsp3) is 0.286. The first-order valence-corrected chi connectivity index (χ1v) is 7.59. The van der Waals surface area contributed by atoms with Gasteiger partial charge < -0.3 is 10.5 Å². The number of halogens is 1. The van der Waals surface area contributed by atoms with Gasteiger partial charge in [0, 0.05) is 22.5 Å². The van der Waals surface area contributed by atoms with Gasteiger partial charge in [-0.3, -0.25) is 0 Å². The fourth-order valence-electron chi connectivity index (χ4n) is 1.72. The van der Waals surface area contributed by atoms with Gasteiger partial charge in [-0.05, 0) is 41.4 Å². The van der Waals surface area contributed by atoms with E-state index in [0.29, 0.717) is 6.61 Å². The summed E-state index contributed by atoms with van der Waals surface area (Å²) < 4.78 is 6.86. The van der Waals surface area contributed by atoms with Crippen molar-refractivity contribution in [2.75, 3.05) is 6.61 Å². The summed E-state index contributed by atoms with van der Waals surface area (Å²) in [6, 6.07) is 8.08. The van der Waals surface area contributed by atoms with E-state index in [0.717, 1.165) is 22.2 Å². The Morgan fingerprint density at radius 2 is 2.22 bits per heavy atom. The van der Waals surface area contributed by atoms with E-state index in [1.54, 1.807) is 11.3 Å². The summed E-state index contributed by atoms with van der Waals surface area (Å²) in [5.41, 5.74) is 8.30. The number of hydrogen-bond donors (Lipinski definition) is 1. The molecule has 2 nitrogen and oxygen atoms in total. The maximum Gasteiger partial charge on any atom is 0.125 e. The average molecular weight is 326 g/mol. The van der Waals surface area contributed by atoms with E-state index in [2.05, 4.69) is 32.8 Å². The minimum absolute atomic E-state index is 0.0192. The highest BCUT2D eigenvalue weighted by Gasteiger charge is 2.08. The Morgan fingerprint density at radius 3 is 2.89 bits per heavy atom. The molecule has 0 saturated heterocycles. The van der Waals surface area contributed by atoms with Crippen LogP contribution in [0.3, 0.4) is 0 Å². The van der Waals surface area contributed by atoms with Gasteiger partial charge in [0.1, 0.15) is 5.75 Å². The summed E-state index contributed by atoms with van der Waals surface area (Å²) in [7, 11) is 0. The molecule has 96 valence electrons. The fourth-order valence-corrected chi connectivity index (χ4v) is 2.77. The molecule has 1 atom stereocenters. The molecule has 2 rings (SSSR count). The van der Waals surface area contributed by atoms with Gasteiger partial charge >= 0.3 is 0 Å². The molecule has 1 unspecified atom stereocenters. The summed E-state index contributed by atoms with van der Waals surface area (Å²) in [5.74, 6) is 0.870. The SMILES string of the molecule is CC(N)c1ccc(Br)cc1OCCc1ccsc1. The van der Waals surface area contributed by atoms with Crippen LogP contribution in [0.25, 0.3) is 0 Å². The number of thiophene rings is 1.